The fourth-order valence-corrected chi connectivity index (χ4v) is 2.77. The number of carbonyl (C=O) groups is 1. The highest BCUT2D eigenvalue weighted by Gasteiger charge is 2.22. The number of carbonyl (C=O) groups excluding carboxylic acids is 1. The van der Waals surface area contributed by atoms with Crippen molar-refractivity contribution >= 4 is 11.9 Å². The lowest BCUT2D eigenvalue weighted by Gasteiger charge is -2.23. The number of nitrogen functional groups attached to an aromatic ring is 1. The second kappa shape index (κ2) is 8.41. The van der Waals surface area contributed by atoms with Crippen LogP contribution < -0.4 is 5.73 Å². The number of amides is 1. The van der Waals surface area contributed by atoms with Gasteiger partial charge in [0.25, 0.3) is 5.91 Å². The van der Waals surface area contributed by atoms with Crippen molar-refractivity contribution in [1.29, 1.82) is 0 Å². The van der Waals surface area contributed by atoms with Crippen LogP contribution in [0.25, 0.3) is 11.3 Å². The lowest BCUT2D eigenvalue weighted by atomic mass is 10.1. The average Bonchev–Trinajstić information content (AvgIpc) is 3.10. The zero-order chi connectivity index (χ0) is 19.2. The predicted molar refractivity (Wildman–Crippen MR) is 102 cm³/mol. The van der Waals surface area contributed by atoms with E-state index in [0.717, 1.165) is 11.1 Å². The highest BCUT2D eigenvalue weighted by atomic mass is 16.5. The molecule has 3 aromatic rings. The first-order chi connectivity index (χ1) is 13.1. The number of hydrogen-bond donors (Lipinski definition) is 1. The zero-order valence-corrected chi connectivity index (χ0v) is 15.4. The first kappa shape index (κ1) is 18.5. The number of benzene rings is 1. The van der Waals surface area contributed by atoms with Crippen LogP contribution in [0.3, 0.4) is 0 Å². The molecule has 0 bridgehead atoms. The van der Waals surface area contributed by atoms with Gasteiger partial charge in [0.1, 0.15) is 0 Å². The van der Waals surface area contributed by atoms with Gasteiger partial charge in [-0.25, -0.2) is 9.97 Å². The molecule has 0 aliphatic rings. The normalized spacial score (nSPS) is 10.7. The topological polar surface area (TPSA) is 99.2 Å². The summed E-state index contributed by atoms with van der Waals surface area (Å²) in [5.74, 6) is -0.0594. The SMILES string of the molecule is COCCN(Cc1cnn(C)c1)C(=O)c1cnc(N)nc1-c1ccccc1. The molecule has 0 radical (unpaired) electrons. The second-order valence-electron chi connectivity index (χ2n) is 6.10. The quantitative estimate of drug-likeness (QED) is 0.684. The number of methoxy groups -OCH3 is 1. The van der Waals surface area contributed by atoms with Gasteiger partial charge in [-0.15, -0.1) is 0 Å². The number of aryl methyl sites for hydroxylation is 1. The van der Waals surface area contributed by atoms with Gasteiger partial charge < -0.3 is 15.4 Å². The van der Waals surface area contributed by atoms with Crippen LogP contribution >= 0.6 is 0 Å². The molecule has 2 aromatic heterocycles. The van der Waals surface area contributed by atoms with Gasteiger partial charge in [-0.2, -0.15) is 5.10 Å². The van der Waals surface area contributed by atoms with E-state index >= 15 is 0 Å². The molecule has 0 spiro atoms. The third-order valence-corrected chi connectivity index (χ3v) is 4.07. The molecule has 2 heterocycles. The van der Waals surface area contributed by atoms with Gasteiger partial charge in [0.05, 0.1) is 24.1 Å². The Hall–Kier alpha value is -3.26. The van der Waals surface area contributed by atoms with E-state index in [0.29, 0.717) is 31.0 Å². The third-order valence-electron chi connectivity index (χ3n) is 4.07. The molecule has 8 heteroatoms. The number of anilines is 1. The molecule has 0 unspecified atom stereocenters. The van der Waals surface area contributed by atoms with Crippen LogP contribution in [0.15, 0.2) is 48.9 Å². The maximum atomic E-state index is 13.3. The van der Waals surface area contributed by atoms with Crippen LogP contribution in [0.4, 0.5) is 5.95 Å². The van der Waals surface area contributed by atoms with Gasteiger partial charge in [0, 0.05) is 50.8 Å². The molecular formula is C19H22N6O2. The van der Waals surface area contributed by atoms with Crippen LogP contribution in [0, 0.1) is 0 Å². The van der Waals surface area contributed by atoms with E-state index in [9.17, 15) is 4.79 Å². The molecule has 0 aliphatic carbocycles. The summed E-state index contributed by atoms with van der Waals surface area (Å²) in [6.07, 6.45) is 5.10. The predicted octanol–water partition coefficient (Wildman–Crippen LogP) is 1.75. The largest absolute Gasteiger partial charge is 0.383 e. The van der Waals surface area contributed by atoms with Crippen LogP contribution in [-0.4, -0.2) is 50.8 Å². The molecule has 8 nitrogen and oxygen atoms in total. The molecule has 140 valence electrons. The first-order valence-electron chi connectivity index (χ1n) is 8.52. The van der Waals surface area contributed by atoms with Crippen molar-refractivity contribution in [1.82, 2.24) is 24.6 Å². The number of nitrogens with zero attached hydrogens (tertiary/aromatic N) is 5. The number of aromatic nitrogens is 4. The van der Waals surface area contributed by atoms with Crippen molar-refractivity contribution < 1.29 is 9.53 Å². The monoisotopic (exact) mass is 366 g/mol. The van der Waals surface area contributed by atoms with Crippen molar-refractivity contribution in [3.05, 3.63) is 60.0 Å². The van der Waals surface area contributed by atoms with Crippen molar-refractivity contribution in [2.75, 3.05) is 26.0 Å². The molecule has 0 atom stereocenters. The average molecular weight is 366 g/mol. The zero-order valence-electron chi connectivity index (χ0n) is 15.4. The van der Waals surface area contributed by atoms with E-state index < -0.39 is 0 Å². The Morgan fingerprint density at radius 3 is 2.70 bits per heavy atom. The number of ether oxygens (including phenoxy) is 1. The molecule has 0 aliphatic heterocycles. The Kier molecular flexibility index (Phi) is 5.77. The minimum atomic E-state index is -0.185. The van der Waals surface area contributed by atoms with Crippen molar-refractivity contribution in [3.8, 4) is 11.3 Å². The Bertz CT molecular complexity index is 910. The van der Waals surface area contributed by atoms with Gasteiger partial charge in [0.2, 0.25) is 5.95 Å². The number of hydrogen-bond acceptors (Lipinski definition) is 6. The molecule has 1 aromatic carbocycles. The maximum Gasteiger partial charge on any atom is 0.258 e. The summed E-state index contributed by atoms with van der Waals surface area (Å²) in [6.45, 7) is 1.26. The summed E-state index contributed by atoms with van der Waals surface area (Å²) in [7, 11) is 3.45. The summed E-state index contributed by atoms with van der Waals surface area (Å²) in [5, 5.41) is 4.17. The lowest BCUT2D eigenvalue weighted by molar-refractivity contribution is 0.0680. The minimum Gasteiger partial charge on any atom is -0.383 e. The van der Waals surface area contributed by atoms with E-state index in [-0.39, 0.29) is 11.9 Å². The summed E-state index contributed by atoms with van der Waals surface area (Å²) in [6, 6.07) is 9.46. The summed E-state index contributed by atoms with van der Waals surface area (Å²) in [4.78, 5) is 23.3. The standard InChI is InChI=1S/C19H22N6O2/c1-24-12-14(10-22-24)13-25(8-9-27-2)18(26)16-11-21-19(20)23-17(16)15-6-4-3-5-7-15/h3-7,10-12H,8-9,13H2,1-2H3,(H2,20,21,23). The summed E-state index contributed by atoms with van der Waals surface area (Å²) in [5.41, 5.74) is 8.42. The molecule has 27 heavy (non-hydrogen) atoms. The van der Waals surface area contributed by atoms with Gasteiger partial charge in [0.15, 0.2) is 0 Å². The van der Waals surface area contributed by atoms with Crippen LogP contribution in [-0.2, 0) is 18.3 Å². The van der Waals surface area contributed by atoms with E-state index in [2.05, 4.69) is 15.1 Å². The number of nitrogens with two attached hydrogens (primary N) is 1. The molecule has 1 amide bonds. The molecule has 0 saturated carbocycles. The van der Waals surface area contributed by atoms with E-state index in [1.165, 1.54) is 6.20 Å². The smallest absolute Gasteiger partial charge is 0.258 e. The third kappa shape index (κ3) is 4.48. The Morgan fingerprint density at radius 2 is 2.04 bits per heavy atom. The molecule has 3 rings (SSSR count). The van der Waals surface area contributed by atoms with Crippen molar-refractivity contribution in [3.63, 3.8) is 0 Å². The van der Waals surface area contributed by atoms with Gasteiger partial charge >= 0.3 is 0 Å². The Balaban J connectivity index is 1.95. The van der Waals surface area contributed by atoms with Crippen LogP contribution in [0.2, 0.25) is 0 Å². The fraction of sp³-hybridized carbons (Fsp3) is 0.263. The van der Waals surface area contributed by atoms with E-state index in [1.807, 2.05) is 43.6 Å². The Morgan fingerprint density at radius 1 is 1.26 bits per heavy atom. The second-order valence-corrected chi connectivity index (χ2v) is 6.10. The number of rotatable bonds is 7. The highest BCUT2D eigenvalue weighted by molar-refractivity contribution is 5.99. The van der Waals surface area contributed by atoms with Crippen LogP contribution in [0.5, 0.6) is 0 Å². The summed E-state index contributed by atoms with van der Waals surface area (Å²) < 4.78 is 6.87. The molecule has 0 saturated heterocycles. The van der Waals surface area contributed by atoms with Crippen molar-refractivity contribution in [2.45, 2.75) is 6.54 Å². The maximum absolute atomic E-state index is 13.3. The molecule has 2 N–H and O–H groups in total. The minimum absolute atomic E-state index is 0.126. The van der Waals surface area contributed by atoms with E-state index in [1.54, 1.807) is 22.9 Å². The van der Waals surface area contributed by atoms with E-state index in [4.69, 9.17) is 10.5 Å². The Labute approximate surface area is 157 Å². The van der Waals surface area contributed by atoms with Gasteiger partial charge in [-0.1, -0.05) is 30.3 Å². The fourth-order valence-electron chi connectivity index (χ4n) is 2.77. The first-order valence-corrected chi connectivity index (χ1v) is 8.52. The highest BCUT2D eigenvalue weighted by Crippen LogP contribution is 2.23. The molecular weight excluding hydrogens is 344 g/mol. The lowest BCUT2D eigenvalue weighted by Crippen LogP contribution is -2.34. The van der Waals surface area contributed by atoms with Gasteiger partial charge in [-0.3, -0.25) is 9.48 Å². The van der Waals surface area contributed by atoms with Crippen LogP contribution in [0.1, 0.15) is 15.9 Å². The summed E-state index contributed by atoms with van der Waals surface area (Å²) >= 11 is 0. The molecule has 0 fully saturated rings. The van der Waals surface area contributed by atoms with Gasteiger partial charge in [-0.05, 0) is 0 Å². The van der Waals surface area contributed by atoms with Crippen molar-refractivity contribution in [2.24, 2.45) is 7.05 Å².